The third kappa shape index (κ3) is 3.56. The minimum atomic E-state index is -0.879. The summed E-state index contributed by atoms with van der Waals surface area (Å²) in [6.07, 6.45) is 2.13. The topological polar surface area (TPSA) is 77.0 Å². The average molecular weight is 365 g/mol. The van der Waals surface area contributed by atoms with Gasteiger partial charge >= 0.3 is 5.97 Å². The highest BCUT2D eigenvalue weighted by atomic mass is 16.5. The van der Waals surface area contributed by atoms with Crippen molar-refractivity contribution in [1.82, 2.24) is 14.8 Å². The minimum Gasteiger partial charge on any atom is -0.451 e. The van der Waals surface area contributed by atoms with E-state index in [0.29, 0.717) is 5.56 Å². The van der Waals surface area contributed by atoms with Gasteiger partial charge in [-0.25, -0.2) is 4.79 Å². The van der Waals surface area contributed by atoms with Gasteiger partial charge in [-0.2, -0.15) is 5.10 Å². The Kier molecular flexibility index (Phi) is 4.99. The Morgan fingerprint density at radius 1 is 1.22 bits per heavy atom. The molecule has 3 rings (SSSR count). The molecular weight excluding hydrogens is 342 g/mol. The summed E-state index contributed by atoms with van der Waals surface area (Å²) in [7, 11) is 1.85. The number of nitrogens with zero attached hydrogens (tertiary/aromatic N) is 2. The van der Waals surface area contributed by atoms with Crippen LogP contribution < -0.4 is 0 Å². The number of H-pyrrole nitrogens is 1. The number of rotatable bonds is 5. The second-order valence-corrected chi connectivity index (χ2v) is 6.66. The molecule has 1 atom stereocenters. The third-order valence-electron chi connectivity index (χ3n) is 4.75. The molecule has 2 heterocycles. The second kappa shape index (κ2) is 7.23. The van der Waals surface area contributed by atoms with Crippen LogP contribution in [0.4, 0.5) is 0 Å². The van der Waals surface area contributed by atoms with Crippen molar-refractivity contribution in [3.05, 3.63) is 58.6 Å². The fourth-order valence-corrected chi connectivity index (χ4v) is 3.25. The molecule has 3 aromatic rings. The first kappa shape index (κ1) is 18.6. The van der Waals surface area contributed by atoms with Gasteiger partial charge in [0.05, 0.1) is 5.69 Å². The lowest BCUT2D eigenvalue weighted by atomic mass is 10.0. The van der Waals surface area contributed by atoms with E-state index in [4.69, 9.17) is 4.74 Å². The number of hydrogen-bond acceptors (Lipinski definition) is 4. The summed E-state index contributed by atoms with van der Waals surface area (Å²) in [6, 6.07) is 7.58. The first-order chi connectivity index (χ1) is 12.8. The van der Waals surface area contributed by atoms with E-state index in [1.165, 1.54) is 6.08 Å². The molecule has 0 radical (unpaired) electrons. The van der Waals surface area contributed by atoms with Crippen LogP contribution in [0.5, 0.6) is 0 Å². The Hall–Kier alpha value is -3.15. The maximum atomic E-state index is 12.8. The molecule has 6 heteroatoms. The number of carbonyl (C=O) groups excluding carboxylic acids is 2. The summed E-state index contributed by atoms with van der Waals surface area (Å²) in [5.74, 6) is -0.781. The zero-order valence-corrected chi connectivity index (χ0v) is 16.2. The van der Waals surface area contributed by atoms with Crippen molar-refractivity contribution in [2.75, 3.05) is 0 Å². The molecule has 27 heavy (non-hydrogen) atoms. The number of aryl methyl sites for hydroxylation is 3. The molecule has 0 fully saturated rings. The first-order valence-corrected chi connectivity index (χ1v) is 8.80. The standard InChI is InChI=1S/C21H23N3O3/c1-12-16(14(3)24(5)23-12)10-11-19(25)27-15(4)21(26)20-13(2)22-18-9-7-6-8-17(18)20/h6-11,15,22H,1-5H3. The summed E-state index contributed by atoms with van der Waals surface area (Å²) in [5, 5.41) is 5.14. The molecule has 0 saturated carbocycles. The monoisotopic (exact) mass is 365 g/mol. The van der Waals surface area contributed by atoms with Crippen LogP contribution in [-0.4, -0.2) is 32.6 Å². The van der Waals surface area contributed by atoms with E-state index in [-0.39, 0.29) is 5.78 Å². The lowest BCUT2D eigenvalue weighted by molar-refractivity contribution is -0.140. The fraction of sp³-hybridized carbons (Fsp3) is 0.286. The number of fused-ring (bicyclic) bond motifs is 1. The fourth-order valence-electron chi connectivity index (χ4n) is 3.25. The Morgan fingerprint density at radius 3 is 2.59 bits per heavy atom. The van der Waals surface area contributed by atoms with Gasteiger partial charge in [0.25, 0.3) is 0 Å². The Labute approximate surface area is 157 Å². The SMILES string of the molecule is Cc1nn(C)c(C)c1C=CC(=O)OC(C)C(=O)c1c(C)[nH]c2ccccc12. The van der Waals surface area contributed by atoms with Crippen molar-refractivity contribution < 1.29 is 14.3 Å². The maximum Gasteiger partial charge on any atom is 0.331 e. The van der Waals surface area contributed by atoms with Crippen molar-refractivity contribution in [2.45, 2.75) is 33.8 Å². The quantitative estimate of drug-likeness (QED) is 0.425. The number of benzene rings is 1. The summed E-state index contributed by atoms with van der Waals surface area (Å²) < 4.78 is 7.09. The molecular formula is C21H23N3O3. The lowest BCUT2D eigenvalue weighted by Gasteiger charge is -2.11. The zero-order chi connectivity index (χ0) is 19.7. The average Bonchev–Trinajstić information content (AvgIpc) is 3.07. The predicted octanol–water partition coefficient (Wildman–Crippen LogP) is 3.65. The van der Waals surface area contributed by atoms with E-state index in [1.54, 1.807) is 17.7 Å². The van der Waals surface area contributed by atoms with Gasteiger partial charge in [0.2, 0.25) is 5.78 Å². The molecule has 6 nitrogen and oxygen atoms in total. The molecule has 0 aliphatic carbocycles. The minimum absolute atomic E-state index is 0.222. The molecule has 140 valence electrons. The van der Waals surface area contributed by atoms with Crippen molar-refractivity contribution in [3.8, 4) is 0 Å². The summed E-state index contributed by atoms with van der Waals surface area (Å²) in [6.45, 7) is 7.24. The second-order valence-electron chi connectivity index (χ2n) is 6.66. The van der Waals surface area contributed by atoms with E-state index in [1.807, 2.05) is 52.1 Å². The maximum absolute atomic E-state index is 12.8. The highest BCUT2D eigenvalue weighted by Crippen LogP contribution is 2.24. The number of esters is 1. The molecule has 0 saturated heterocycles. The number of aromatic amines is 1. The van der Waals surface area contributed by atoms with Crippen molar-refractivity contribution >= 4 is 28.7 Å². The van der Waals surface area contributed by atoms with Gasteiger partial charge in [-0.05, 0) is 39.8 Å². The lowest BCUT2D eigenvalue weighted by Crippen LogP contribution is -2.24. The summed E-state index contributed by atoms with van der Waals surface area (Å²) in [5.41, 5.74) is 4.88. The molecule has 0 aliphatic heterocycles. The Bertz CT molecular complexity index is 1060. The highest BCUT2D eigenvalue weighted by molar-refractivity contribution is 6.11. The number of carbonyl (C=O) groups is 2. The van der Waals surface area contributed by atoms with E-state index in [0.717, 1.165) is 33.5 Å². The number of nitrogens with one attached hydrogen (secondary N) is 1. The van der Waals surface area contributed by atoms with E-state index in [9.17, 15) is 9.59 Å². The van der Waals surface area contributed by atoms with Gasteiger partial charge in [-0.15, -0.1) is 0 Å². The van der Waals surface area contributed by atoms with Gasteiger partial charge in [-0.1, -0.05) is 18.2 Å². The van der Waals surface area contributed by atoms with Crippen LogP contribution in [0, 0.1) is 20.8 Å². The zero-order valence-electron chi connectivity index (χ0n) is 16.2. The normalized spacial score (nSPS) is 12.6. The largest absolute Gasteiger partial charge is 0.451 e. The Balaban J connectivity index is 1.75. The van der Waals surface area contributed by atoms with Gasteiger partial charge < -0.3 is 9.72 Å². The van der Waals surface area contributed by atoms with Gasteiger partial charge in [0.15, 0.2) is 6.10 Å². The van der Waals surface area contributed by atoms with Crippen LogP contribution >= 0.6 is 0 Å². The number of Topliss-reactive ketones (excluding diaryl/α,β-unsaturated/α-hetero) is 1. The molecule has 0 spiro atoms. The molecule has 1 N–H and O–H groups in total. The molecule has 2 aromatic heterocycles. The van der Waals surface area contributed by atoms with E-state index < -0.39 is 12.1 Å². The smallest absolute Gasteiger partial charge is 0.331 e. The van der Waals surface area contributed by atoms with Gasteiger partial charge in [-0.3, -0.25) is 9.48 Å². The third-order valence-corrected chi connectivity index (χ3v) is 4.75. The first-order valence-electron chi connectivity index (χ1n) is 8.80. The summed E-state index contributed by atoms with van der Waals surface area (Å²) in [4.78, 5) is 28.2. The van der Waals surface area contributed by atoms with Crippen LogP contribution in [0.3, 0.4) is 0 Å². The molecule has 1 aromatic carbocycles. The van der Waals surface area contributed by atoms with Crippen LogP contribution in [0.1, 0.15) is 39.9 Å². The molecule has 0 amide bonds. The molecule has 0 bridgehead atoms. The van der Waals surface area contributed by atoms with Gasteiger partial charge in [0.1, 0.15) is 0 Å². The molecule has 1 unspecified atom stereocenters. The molecule has 0 aliphatic rings. The Morgan fingerprint density at radius 2 is 1.93 bits per heavy atom. The number of hydrogen-bond donors (Lipinski definition) is 1. The van der Waals surface area contributed by atoms with E-state index in [2.05, 4.69) is 10.1 Å². The predicted molar refractivity (Wildman–Crippen MR) is 105 cm³/mol. The van der Waals surface area contributed by atoms with Crippen LogP contribution in [0.15, 0.2) is 30.3 Å². The number of ether oxygens (including phenoxy) is 1. The number of aromatic nitrogens is 3. The summed E-state index contributed by atoms with van der Waals surface area (Å²) >= 11 is 0. The number of ketones is 1. The van der Waals surface area contributed by atoms with Gasteiger partial charge in [0, 0.05) is 46.5 Å². The van der Waals surface area contributed by atoms with Crippen molar-refractivity contribution in [3.63, 3.8) is 0 Å². The van der Waals surface area contributed by atoms with Crippen molar-refractivity contribution in [1.29, 1.82) is 0 Å². The highest BCUT2D eigenvalue weighted by Gasteiger charge is 2.23. The van der Waals surface area contributed by atoms with Crippen LogP contribution in [0.2, 0.25) is 0 Å². The number of para-hydroxylation sites is 1. The van der Waals surface area contributed by atoms with Crippen molar-refractivity contribution in [2.24, 2.45) is 7.05 Å². The van der Waals surface area contributed by atoms with Crippen LogP contribution in [-0.2, 0) is 16.6 Å². The van der Waals surface area contributed by atoms with E-state index >= 15 is 0 Å². The van der Waals surface area contributed by atoms with Crippen LogP contribution in [0.25, 0.3) is 17.0 Å².